The van der Waals surface area contributed by atoms with E-state index in [1.54, 1.807) is 7.11 Å². The Hall–Kier alpha value is -0.130. The van der Waals surface area contributed by atoms with Crippen LogP contribution in [0.1, 0.15) is 13.3 Å². The van der Waals surface area contributed by atoms with Crippen LogP contribution >= 0.6 is 15.9 Å². The zero-order valence-corrected chi connectivity index (χ0v) is 8.89. The van der Waals surface area contributed by atoms with Crippen molar-refractivity contribution in [2.75, 3.05) is 20.3 Å². The molecule has 72 valence electrons. The Balaban J connectivity index is 3.31. The van der Waals surface area contributed by atoms with Crippen LogP contribution in [0.5, 0.6) is 0 Å². The molecular formula is C7H14BrNO3. The number of halogens is 1. The Morgan fingerprint density at radius 3 is 2.75 bits per heavy atom. The van der Waals surface area contributed by atoms with Gasteiger partial charge >= 0.3 is 0 Å². The number of amides is 1. The highest BCUT2D eigenvalue weighted by Crippen LogP contribution is 2.03. The largest absolute Gasteiger partial charge is 0.382 e. The first-order chi connectivity index (χ1) is 5.72. The van der Waals surface area contributed by atoms with Gasteiger partial charge in [0.2, 0.25) is 0 Å². The minimum Gasteiger partial charge on any atom is -0.382 e. The molecule has 0 saturated carbocycles. The van der Waals surface area contributed by atoms with Gasteiger partial charge in [-0.25, -0.2) is 5.48 Å². The molecule has 4 nitrogen and oxygen atoms in total. The van der Waals surface area contributed by atoms with Crippen LogP contribution in [-0.2, 0) is 14.4 Å². The molecule has 1 atom stereocenters. The molecule has 12 heavy (non-hydrogen) atoms. The lowest BCUT2D eigenvalue weighted by atomic mass is 10.3. The van der Waals surface area contributed by atoms with Gasteiger partial charge in [-0.15, -0.1) is 0 Å². The number of ether oxygens (including phenoxy) is 1. The highest BCUT2D eigenvalue weighted by atomic mass is 79.9. The lowest BCUT2D eigenvalue weighted by Crippen LogP contribution is -2.31. The van der Waals surface area contributed by atoms with Crippen LogP contribution in [0.25, 0.3) is 0 Å². The van der Waals surface area contributed by atoms with Crippen molar-refractivity contribution >= 4 is 21.8 Å². The summed E-state index contributed by atoms with van der Waals surface area (Å²) in [6, 6.07) is 0. The molecule has 0 fully saturated rings. The zero-order chi connectivity index (χ0) is 9.40. The summed E-state index contributed by atoms with van der Waals surface area (Å²) in [5.74, 6) is -0.159. The molecule has 0 aliphatic carbocycles. The summed E-state index contributed by atoms with van der Waals surface area (Å²) in [5, 5.41) is 0. The first kappa shape index (κ1) is 11.9. The monoisotopic (exact) mass is 239 g/mol. The average Bonchev–Trinajstić information content (AvgIpc) is 2.10. The van der Waals surface area contributed by atoms with Crippen molar-refractivity contribution in [1.82, 2.24) is 5.48 Å². The standard InChI is InChI=1S/C7H14BrNO3/c1-3-6(8)7(10)9-12-5-4-11-2/h6H,3-5H2,1-2H3,(H,9,10). The molecule has 0 spiro atoms. The second-order valence-corrected chi connectivity index (χ2v) is 3.29. The fraction of sp³-hybridized carbons (Fsp3) is 0.857. The van der Waals surface area contributed by atoms with Crippen molar-refractivity contribution in [3.8, 4) is 0 Å². The molecule has 0 radical (unpaired) electrons. The number of methoxy groups -OCH3 is 1. The van der Waals surface area contributed by atoms with E-state index in [1.165, 1.54) is 0 Å². The van der Waals surface area contributed by atoms with Gasteiger partial charge < -0.3 is 4.74 Å². The third-order valence-corrected chi connectivity index (χ3v) is 2.27. The van der Waals surface area contributed by atoms with Crippen LogP contribution in [0.2, 0.25) is 0 Å². The highest BCUT2D eigenvalue weighted by Gasteiger charge is 2.11. The predicted octanol–water partition coefficient (Wildman–Crippen LogP) is 0.854. The quantitative estimate of drug-likeness (QED) is 0.425. The fourth-order valence-electron chi connectivity index (χ4n) is 0.496. The summed E-state index contributed by atoms with van der Waals surface area (Å²) < 4.78 is 4.72. The van der Waals surface area contributed by atoms with Gasteiger partial charge in [0.15, 0.2) is 0 Å². The number of hydrogen-bond acceptors (Lipinski definition) is 3. The van der Waals surface area contributed by atoms with E-state index in [0.29, 0.717) is 13.2 Å². The summed E-state index contributed by atoms with van der Waals surface area (Å²) in [7, 11) is 1.57. The van der Waals surface area contributed by atoms with E-state index in [2.05, 4.69) is 21.4 Å². The predicted molar refractivity (Wildman–Crippen MR) is 49.0 cm³/mol. The van der Waals surface area contributed by atoms with Crippen LogP contribution in [0.15, 0.2) is 0 Å². The van der Waals surface area contributed by atoms with Crippen molar-refractivity contribution in [3.63, 3.8) is 0 Å². The smallest absolute Gasteiger partial charge is 0.257 e. The summed E-state index contributed by atoms with van der Waals surface area (Å²) in [5.41, 5.74) is 2.30. The van der Waals surface area contributed by atoms with Gasteiger partial charge in [0.1, 0.15) is 0 Å². The molecule has 1 amide bonds. The highest BCUT2D eigenvalue weighted by molar-refractivity contribution is 9.10. The maximum atomic E-state index is 11.0. The van der Waals surface area contributed by atoms with Crippen molar-refractivity contribution in [2.45, 2.75) is 18.2 Å². The molecule has 0 aliphatic heterocycles. The number of carbonyl (C=O) groups is 1. The Morgan fingerprint density at radius 2 is 2.25 bits per heavy atom. The third-order valence-electron chi connectivity index (χ3n) is 1.21. The van der Waals surface area contributed by atoms with Gasteiger partial charge in [0, 0.05) is 7.11 Å². The van der Waals surface area contributed by atoms with E-state index in [4.69, 9.17) is 9.57 Å². The van der Waals surface area contributed by atoms with Crippen LogP contribution in [0, 0.1) is 0 Å². The molecule has 0 bridgehead atoms. The molecular weight excluding hydrogens is 226 g/mol. The fourth-order valence-corrected chi connectivity index (χ4v) is 0.590. The van der Waals surface area contributed by atoms with Crippen LogP contribution in [0.4, 0.5) is 0 Å². The lowest BCUT2D eigenvalue weighted by Gasteiger charge is -2.07. The summed E-state index contributed by atoms with van der Waals surface area (Å²) in [4.78, 5) is 15.6. The van der Waals surface area contributed by atoms with Crippen LogP contribution < -0.4 is 5.48 Å². The van der Waals surface area contributed by atoms with Crippen LogP contribution in [-0.4, -0.2) is 31.1 Å². The second kappa shape index (κ2) is 7.52. The van der Waals surface area contributed by atoms with Gasteiger partial charge in [-0.05, 0) is 6.42 Å². The summed E-state index contributed by atoms with van der Waals surface area (Å²) in [6.07, 6.45) is 0.736. The number of alkyl halides is 1. The second-order valence-electron chi connectivity index (χ2n) is 2.18. The number of nitrogens with one attached hydrogen (secondary N) is 1. The Bertz CT molecular complexity index is 132. The van der Waals surface area contributed by atoms with E-state index in [1.807, 2.05) is 6.92 Å². The minimum absolute atomic E-state index is 0.159. The maximum absolute atomic E-state index is 11.0. The van der Waals surface area contributed by atoms with Gasteiger partial charge in [0.05, 0.1) is 18.0 Å². The summed E-state index contributed by atoms with van der Waals surface area (Å²) >= 11 is 3.19. The zero-order valence-electron chi connectivity index (χ0n) is 7.30. The van der Waals surface area contributed by atoms with Crippen molar-refractivity contribution in [1.29, 1.82) is 0 Å². The Morgan fingerprint density at radius 1 is 1.58 bits per heavy atom. The molecule has 0 aromatic rings. The first-order valence-corrected chi connectivity index (χ1v) is 4.68. The van der Waals surface area contributed by atoms with E-state index < -0.39 is 0 Å². The summed E-state index contributed by atoms with van der Waals surface area (Å²) in [6.45, 7) is 2.75. The Kier molecular flexibility index (Phi) is 7.43. The molecule has 5 heteroatoms. The number of hydroxylamine groups is 1. The normalized spacial score (nSPS) is 12.6. The van der Waals surface area contributed by atoms with Gasteiger partial charge in [-0.2, -0.15) is 0 Å². The molecule has 1 N–H and O–H groups in total. The molecule has 1 unspecified atom stereocenters. The molecule has 0 saturated heterocycles. The van der Waals surface area contributed by atoms with E-state index in [0.717, 1.165) is 6.42 Å². The average molecular weight is 240 g/mol. The topological polar surface area (TPSA) is 47.6 Å². The molecule has 0 aromatic carbocycles. The molecule has 0 aromatic heterocycles. The van der Waals surface area contributed by atoms with Crippen LogP contribution in [0.3, 0.4) is 0 Å². The number of rotatable bonds is 6. The van der Waals surface area contributed by atoms with Crippen molar-refractivity contribution < 1.29 is 14.4 Å². The maximum Gasteiger partial charge on any atom is 0.257 e. The van der Waals surface area contributed by atoms with Gasteiger partial charge in [-0.1, -0.05) is 22.9 Å². The molecule has 0 heterocycles. The van der Waals surface area contributed by atoms with E-state index in [-0.39, 0.29) is 10.7 Å². The van der Waals surface area contributed by atoms with E-state index in [9.17, 15) is 4.79 Å². The van der Waals surface area contributed by atoms with E-state index >= 15 is 0 Å². The number of carbonyl (C=O) groups excluding carboxylic acids is 1. The number of hydrogen-bond donors (Lipinski definition) is 1. The lowest BCUT2D eigenvalue weighted by molar-refractivity contribution is -0.133. The third kappa shape index (κ3) is 5.51. The first-order valence-electron chi connectivity index (χ1n) is 3.77. The SMILES string of the molecule is CCC(Br)C(=O)NOCCOC. The van der Waals surface area contributed by atoms with Crippen molar-refractivity contribution in [3.05, 3.63) is 0 Å². The van der Waals surface area contributed by atoms with Gasteiger partial charge in [-0.3, -0.25) is 9.63 Å². The minimum atomic E-state index is -0.181. The van der Waals surface area contributed by atoms with Crippen molar-refractivity contribution in [2.24, 2.45) is 0 Å². The van der Waals surface area contributed by atoms with Gasteiger partial charge in [0.25, 0.3) is 5.91 Å². The molecule has 0 aliphatic rings. The molecule has 0 rings (SSSR count). The Labute approximate surface area is 80.7 Å².